The van der Waals surface area contributed by atoms with Crippen LogP contribution in [0.15, 0.2) is 40.9 Å². The molecule has 1 aliphatic heterocycles. The molecule has 4 heteroatoms. The number of hydrazine groups is 1. The molecule has 0 radical (unpaired) electrons. The van der Waals surface area contributed by atoms with Crippen molar-refractivity contribution in [2.45, 2.75) is 18.5 Å². The molecule has 2 aliphatic rings. The maximum absolute atomic E-state index is 9.17. The molecule has 0 amide bonds. The first-order valence-corrected chi connectivity index (χ1v) is 6.01. The molecule has 2 unspecified atom stereocenters. The number of rotatable bonds is 1. The maximum atomic E-state index is 9.17. The summed E-state index contributed by atoms with van der Waals surface area (Å²) in [5.41, 5.74) is 1.07. The van der Waals surface area contributed by atoms with E-state index in [0.29, 0.717) is 6.04 Å². The molecule has 0 aromatic heterocycles. The molecule has 3 rings (SSSR count). The highest BCUT2D eigenvalue weighted by Crippen LogP contribution is 2.36. The van der Waals surface area contributed by atoms with Gasteiger partial charge in [-0.3, -0.25) is 5.01 Å². The van der Waals surface area contributed by atoms with Crippen LogP contribution in [0.3, 0.4) is 0 Å². The van der Waals surface area contributed by atoms with Gasteiger partial charge in [-0.15, -0.1) is 0 Å². The van der Waals surface area contributed by atoms with Gasteiger partial charge in [0.25, 0.3) is 0 Å². The predicted molar refractivity (Wildman–Crippen MR) is 65.4 cm³/mol. The maximum Gasteiger partial charge on any atom is 0.200 e. The predicted octanol–water partition coefficient (Wildman–Crippen LogP) is 2.66. The van der Waals surface area contributed by atoms with Gasteiger partial charge in [0.15, 0.2) is 0 Å². The number of benzene rings is 1. The van der Waals surface area contributed by atoms with Crippen molar-refractivity contribution in [3.63, 3.8) is 0 Å². The van der Waals surface area contributed by atoms with E-state index in [9.17, 15) is 0 Å². The lowest BCUT2D eigenvalue weighted by atomic mass is 10.2. The zero-order chi connectivity index (χ0) is 11.1. The number of hydrogen-bond acceptors (Lipinski definition) is 3. The van der Waals surface area contributed by atoms with E-state index in [4.69, 9.17) is 5.26 Å². The van der Waals surface area contributed by atoms with E-state index in [1.807, 2.05) is 24.3 Å². The van der Waals surface area contributed by atoms with Gasteiger partial charge in [-0.2, -0.15) is 5.26 Å². The van der Waals surface area contributed by atoms with Crippen LogP contribution in [0.1, 0.15) is 6.42 Å². The van der Waals surface area contributed by atoms with Crippen molar-refractivity contribution in [2.24, 2.45) is 0 Å². The molecule has 0 saturated carbocycles. The summed E-state index contributed by atoms with van der Waals surface area (Å²) in [6.45, 7) is 0. The zero-order valence-corrected chi connectivity index (χ0v) is 10.1. The van der Waals surface area contributed by atoms with Crippen molar-refractivity contribution in [3.05, 3.63) is 40.9 Å². The second-order valence-corrected chi connectivity index (χ2v) is 4.94. The molecular weight excluding hydrogens is 266 g/mol. The number of anilines is 1. The first-order valence-electron chi connectivity index (χ1n) is 5.21. The monoisotopic (exact) mass is 275 g/mol. The lowest BCUT2D eigenvalue weighted by molar-refractivity contribution is 0.374. The third-order valence-electron chi connectivity index (χ3n) is 3.09. The number of nitrogens with zero attached hydrogens (tertiary/aromatic N) is 3. The smallest absolute Gasteiger partial charge is 0.200 e. The van der Waals surface area contributed by atoms with Crippen LogP contribution in [-0.2, 0) is 0 Å². The highest BCUT2D eigenvalue weighted by atomic mass is 79.9. The molecule has 2 bridgehead atoms. The minimum absolute atomic E-state index is 0.249. The van der Waals surface area contributed by atoms with Crippen LogP contribution in [0.4, 0.5) is 5.69 Å². The summed E-state index contributed by atoms with van der Waals surface area (Å²) in [4.78, 5) is 0. The van der Waals surface area contributed by atoms with Crippen LogP contribution in [0.5, 0.6) is 0 Å². The van der Waals surface area contributed by atoms with Crippen LogP contribution in [0, 0.1) is 11.5 Å². The second-order valence-electron chi connectivity index (χ2n) is 4.02. The fraction of sp³-hybridized carbons (Fsp3) is 0.250. The van der Waals surface area contributed by atoms with E-state index in [1.165, 1.54) is 0 Å². The van der Waals surface area contributed by atoms with E-state index >= 15 is 0 Å². The van der Waals surface area contributed by atoms with E-state index in [2.05, 4.69) is 39.3 Å². The van der Waals surface area contributed by atoms with E-state index < -0.39 is 0 Å². The van der Waals surface area contributed by atoms with Crippen LogP contribution < -0.4 is 5.01 Å². The molecule has 0 spiro atoms. The normalized spacial score (nSPS) is 26.2. The Hall–Kier alpha value is -1.47. The summed E-state index contributed by atoms with van der Waals surface area (Å²) in [6.07, 6.45) is 7.57. The van der Waals surface area contributed by atoms with Crippen molar-refractivity contribution in [1.82, 2.24) is 5.01 Å². The van der Waals surface area contributed by atoms with Gasteiger partial charge in [0, 0.05) is 10.9 Å². The SMILES string of the molecule is N#CN1C2C=CC(C2)N1c1ccc(Br)cc1. The molecule has 1 aliphatic carbocycles. The number of fused-ring (bicyclic) bond motifs is 2. The Kier molecular flexibility index (Phi) is 2.15. The van der Waals surface area contributed by atoms with Gasteiger partial charge in [-0.25, -0.2) is 5.01 Å². The summed E-state index contributed by atoms with van der Waals surface area (Å²) in [7, 11) is 0. The number of nitriles is 1. The Morgan fingerprint density at radius 2 is 1.88 bits per heavy atom. The molecule has 1 heterocycles. The molecule has 0 N–H and O–H groups in total. The van der Waals surface area contributed by atoms with Crippen molar-refractivity contribution in [2.75, 3.05) is 5.01 Å². The van der Waals surface area contributed by atoms with Gasteiger partial charge in [-0.1, -0.05) is 28.1 Å². The number of hydrogen-bond donors (Lipinski definition) is 0. The molecule has 1 fully saturated rings. The van der Waals surface area contributed by atoms with Gasteiger partial charge in [0.2, 0.25) is 6.19 Å². The summed E-state index contributed by atoms with van der Waals surface area (Å²) < 4.78 is 1.06. The Morgan fingerprint density at radius 3 is 2.56 bits per heavy atom. The minimum atomic E-state index is 0.249. The summed E-state index contributed by atoms with van der Waals surface area (Å²) >= 11 is 3.42. The molecule has 2 atom stereocenters. The highest BCUT2D eigenvalue weighted by molar-refractivity contribution is 9.10. The Balaban J connectivity index is 1.98. The van der Waals surface area contributed by atoms with Gasteiger partial charge in [0.05, 0.1) is 17.8 Å². The van der Waals surface area contributed by atoms with Gasteiger partial charge in [-0.05, 0) is 24.3 Å². The van der Waals surface area contributed by atoms with Crippen molar-refractivity contribution in [1.29, 1.82) is 5.26 Å². The summed E-state index contributed by atoms with van der Waals surface area (Å²) in [5, 5.41) is 13.0. The second kappa shape index (κ2) is 3.53. The van der Waals surface area contributed by atoms with Crippen LogP contribution in [-0.4, -0.2) is 17.1 Å². The van der Waals surface area contributed by atoms with Gasteiger partial charge >= 0.3 is 0 Å². The Bertz CT molecular complexity index is 474. The molecule has 16 heavy (non-hydrogen) atoms. The Morgan fingerprint density at radius 1 is 1.19 bits per heavy atom. The topological polar surface area (TPSA) is 30.3 Å². The minimum Gasteiger partial charge on any atom is -0.269 e. The van der Waals surface area contributed by atoms with Gasteiger partial charge < -0.3 is 0 Å². The first kappa shape index (κ1) is 9.73. The average molecular weight is 276 g/mol. The summed E-state index contributed by atoms with van der Waals surface area (Å²) in [5.74, 6) is 0. The third kappa shape index (κ3) is 1.32. The molecule has 3 nitrogen and oxygen atoms in total. The highest BCUT2D eigenvalue weighted by Gasteiger charge is 2.40. The molecule has 1 aromatic rings. The first-order chi connectivity index (χ1) is 7.79. The van der Waals surface area contributed by atoms with Crippen LogP contribution in [0.25, 0.3) is 0 Å². The van der Waals surface area contributed by atoms with Crippen molar-refractivity contribution >= 4 is 21.6 Å². The van der Waals surface area contributed by atoms with E-state index in [0.717, 1.165) is 16.6 Å². The van der Waals surface area contributed by atoms with Crippen LogP contribution in [0.2, 0.25) is 0 Å². The fourth-order valence-corrected chi connectivity index (χ4v) is 2.64. The standard InChI is InChI=1S/C12H10BrN3/c13-9-1-3-10(4-2-9)16-12-6-5-11(7-12)15(16)8-14/h1-6,11-12H,7H2. The van der Waals surface area contributed by atoms with Crippen molar-refractivity contribution < 1.29 is 0 Å². The largest absolute Gasteiger partial charge is 0.269 e. The molecule has 1 aromatic carbocycles. The summed E-state index contributed by atoms with van der Waals surface area (Å²) in [6, 6.07) is 8.65. The van der Waals surface area contributed by atoms with E-state index in [-0.39, 0.29) is 6.04 Å². The average Bonchev–Trinajstić information content (AvgIpc) is 2.89. The lowest BCUT2D eigenvalue weighted by Crippen LogP contribution is -2.42. The van der Waals surface area contributed by atoms with Crippen molar-refractivity contribution in [3.8, 4) is 6.19 Å². The molecular formula is C12H10BrN3. The third-order valence-corrected chi connectivity index (χ3v) is 3.62. The molecule has 80 valence electrons. The zero-order valence-electron chi connectivity index (χ0n) is 8.55. The van der Waals surface area contributed by atoms with E-state index in [1.54, 1.807) is 5.01 Å². The quantitative estimate of drug-likeness (QED) is 0.583. The van der Waals surface area contributed by atoms with Crippen LogP contribution >= 0.6 is 15.9 Å². The number of halogens is 1. The van der Waals surface area contributed by atoms with Gasteiger partial charge in [0.1, 0.15) is 0 Å². The Labute approximate surface area is 103 Å². The lowest BCUT2D eigenvalue weighted by Gasteiger charge is -2.33. The fourth-order valence-electron chi connectivity index (χ4n) is 2.38. The molecule has 1 saturated heterocycles.